The predicted octanol–water partition coefficient (Wildman–Crippen LogP) is 1.44. The number of phenols is 1. The Morgan fingerprint density at radius 2 is 1.89 bits per heavy atom. The Kier molecular flexibility index (Phi) is 6.28. The third kappa shape index (κ3) is 4.49. The van der Waals surface area contributed by atoms with E-state index in [1.807, 2.05) is 0 Å². The Bertz CT molecular complexity index is 851. The number of amides is 1. The lowest BCUT2D eigenvalue weighted by Gasteiger charge is -2.22. The van der Waals surface area contributed by atoms with Crippen LogP contribution in [0.4, 0.5) is 0 Å². The molecule has 2 atom stereocenters. The van der Waals surface area contributed by atoms with Gasteiger partial charge in [-0.15, -0.1) is 0 Å². The molecule has 1 heterocycles. The van der Waals surface area contributed by atoms with E-state index < -0.39 is 0 Å². The van der Waals surface area contributed by atoms with Gasteiger partial charge in [0.2, 0.25) is 0 Å². The summed E-state index contributed by atoms with van der Waals surface area (Å²) in [5, 5.41) is 16.2. The van der Waals surface area contributed by atoms with Gasteiger partial charge in [-0.3, -0.25) is 9.59 Å². The number of rotatable bonds is 5. The summed E-state index contributed by atoms with van der Waals surface area (Å²) in [6, 6.07) is 10.6. The van der Waals surface area contributed by atoms with Crippen LogP contribution < -0.4 is 21.1 Å². The van der Waals surface area contributed by atoms with E-state index in [2.05, 4.69) is 10.6 Å². The van der Waals surface area contributed by atoms with Crippen molar-refractivity contribution < 1.29 is 19.4 Å². The first-order valence-corrected chi connectivity index (χ1v) is 9.28. The largest absolute Gasteiger partial charge is 0.507 e. The Morgan fingerprint density at radius 3 is 2.61 bits per heavy atom. The van der Waals surface area contributed by atoms with Gasteiger partial charge < -0.3 is 26.2 Å². The number of benzene rings is 2. The summed E-state index contributed by atoms with van der Waals surface area (Å²) in [5.41, 5.74) is 7.09. The number of nitrogens with one attached hydrogen (secondary N) is 2. The molecule has 0 saturated carbocycles. The van der Waals surface area contributed by atoms with Crippen molar-refractivity contribution in [1.29, 1.82) is 0 Å². The first kappa shape index (κ1) is 19.9. The monoisotopic (exact) mass is 383 g/mol. The van der Waals surface area contributed by atoms with Crippen LogP contribution in [0.5, 0.6) is 11.5 Å². The number of carbonyl (C=O) groups is 2. The molecule has 7 nitrogen and oxygen atoms in total. The van der Waals surface area contributed by atoms with Crippen molar-refractivity contribution in [3.8, 4) is 11.5 Å². The van der Waals surface area contributed by atoms with Crippen LogP contribution in [-0.2, 0) is 0 Å². The summed E-state index contributed by atoms with van der Waals surface area (Å²) in [7, 11) is 1.49. The number of hydrogen-bond acceptors (Lipinski definition) is 6. The summed E-state index contributed by atoms with van der Waals surface area (Å²) in [6.07, 6.45) is 1.78. The van der Waals surface area contributed by atoms with Crippen LogP contribution in [0, 0.1) is 0 Å². The van der Waals surface area contributed by atoms with Crippen molar-refractivity contribution in [2.24, 2.45) is 5.73 Å². The van der Waals surface area contributed by atoms with Gasteiger partial charge in [0.1, 0.15) is 11.5 Å². The van der Waals surface area contributed by atoms with E-state index >= 15 is 0 Å². The molecule has 0 radical (unpaired) electrons. The molecule has 0 spiro atoms. The topological polar surface area (TPSA) is 114 Å². The molecule has 3 rings (SSSR count). The zero-order chi connectivity index (χ0) is 20.1. The predicted molar refractivity (Wildman–Crippen MR) is 106 cm³/mol. The van der Waals surface area contributed by atoms with E-state index in [1.54, 1.807) is 30.3 Å². The highest BCUT2D eigenvalue weighted by Gasteiger charge is 2.22. The fraction of sp³-hybridized carbons (Fsp3) is 0.333. The number of ether oxygens (including phenoxy) is 1. The van der Waals surface area contributed by atoms with Gasteiger partial charge in [-0.2, -0.15) is 0 Å². The molecule has 0 aliphatic carbocycles. The molecule has 1 aliphatic rings. The molecule has 0 aromatic heterocycles. The number of aromatic hydroxyl groups is 1. The molecule has 5 N–H and O–H groups in total. The maximum atomic E-state index is 12.7. The molecule has 0 bridgehead atoms. The Hall–Kier alpha value is -2.90. The van der Waals surface area contributed by atoms with E-state index in [9.17, 15) is 14.7 Å². The van der Waals surface area contributed by atoms with Crippen molar-refractivity contribution in [3.63, 3.8) is 0 Å². The molecular formula is C21H25N3O4. The van der Waals surface area contributed by atoms with Gasteiger partial charge in [-0.25, -0.2) is 0 Å². The highest BCUT2D eigenvalue weighted by atomic mass is 16.5. The van der Waals surface area contributed by atoms with Gasteiger partial charge >= 0.3 is 0 Å². The molecule has 7 heteroatoms. The smallest absolute Gasteiger partial charge is 0.251 e. The summed E-state index contributed by atoms with van der Waals surface area (Å²) in [4.78, 5) is 25.2. The lowest BCUT2D eigenvalue weighted by atomic mass is 10.00. The second-order valence-corrected chi connectivity index (χ2v) is 6.88. The Morgan fingerprint density at radius 1 is 1.18 bits per heavy atom. The summed E-state index contributed by atoms with van der Waals surface area (Å²) in [6.45, 7) is 1.57. The van der Waals surface area contributed by atoms with E-state index in [-0.39, 0.29) is 35.1 Å². The first-order chi connectivity index (χ1) is 13.5. The highest BCUT2D eigenvalue weighted by molar-refractivity contribution is 6.11. The molecule has 1 amide bonds. The highest BCUT2D eigenvalue weighted by Crippen LogP contribution is 2.25. The second kappa shape index (κ2) is 8.86. The molecule has 28 heavy (non-hydrogen) atoms. The quantitative estimate of drug-likeness (QED) is 0.581. The number of carbonyl (C=O) groups excluding carboxylic acids is 2. The van der Waals surface area contributed by atoms with E-state index in [0.29, 0.717) is 23.4 Å². The number of nitrogens with two attached hydrogens (primary N) is 1. The van der Waals surface area contributed by atoms with Crippen molar-refractivity contribution >= 4 is 11.7 Å². The number of phenolic OH excluding ortho intramolecular Hbond substituents is 1. The molecule has 2 aromatic rings. The first-order valence-electron chi connectivity index (χ1n) is 9.28. The van der Waals surface area contributed by atoms with Crippen molar-refractivity contribution in [3.05, 3.63) is 59.2 Å². The lowest BCUT2D eigenvalue weighted by molar-refractivity contribution is 0.0928. The zero-order valence-corrected chi connectivity index (χ0v) is 15.8. The third-order valence-corrected chi connectivity index (χ3v) is 4.94. The van der Waals surface area contributed by atoms with Gasteiger partial charge in [0.15, 0.2) is 5.78 Å². The standard InChI is InChI=1S/C21H25N3O4/c1-28-15-8-9-19(25)16(11-15)20(26)13-4-6-14(7-5-13)21(27)24-18-3-2-10-23-12-17(18)22/h4-9,11,17-18,23,25H,2-3,10,12,22H2,1H3,(H,24,27)/t17-,18-/m1/s1. The van der Waals surface area contributed by atoms with Crippen LogP contribution in [0.2, 0.25) is 0 Å². The summed E-state index contributed by atoms with van der Waals surface area (Å²) in [5.74, 6) is -0.208. The average molecular weight is 383 g/mol. The van der Waals surface area contributed by atoms with Crippen LogP contribution in [0.1, 0.15) is 39.1 Å². The molecule has 2 aromatic carbocycles. The SMILES string of the molecule is COc1ccc(O)c(C(=O)c2ccc(C(=O)N[C@@H]3CCCNC[C@H]3N)cc2)c1. The summed E-state index contributed by atoms with van der Waals surface area (Å²) < 4.78 is 5.11. The normalized spacial score (nSPS) is 19.5. The fourth-order valence-corrected chi connectivity index (χ4v) is 3.26. The minimum Gasteiger partial charge on any atom is -0.507 e. The van der Waals surface area contributed by atoms with Crippen molar-refractivity contribution in [2.45, 2.75) is 24.9 Å². The zero-order valence-electron chi connectivity index (χ0n) is 15.8. The van der Waals surface area contributed by atoms with Crippen molar-refractivity contribution in [2.75, 3.05) is 20.2 Å². The Balaban J connectivity index is 1.72. The minimum atomic E-state index is -0.347. The van der Waals surface area contributed by atoms with Crippen molar-refractivity contribution in [1.82, 2.24) is 10.6 Å². The number of methoxy groups -OCH3 is 1. The van der Waals surface area contributed by atoms with Crippen LogP contribution in [0.3, 0.4) is 0 Å². The molecule has 1 aliphatic heterocycles. The van der Waals surface area contributed by atoms with Gasteiger partial charge in [0.25, 0.3) is 5.91 Å². The van der Waals surface area contributed by atoms with Gasteiger partial charge in [-0.05, 0) is 49.7 Å². The van der Waals surface area contributed by atoms with E-state index in [0.717, 1.165) is 19.4 Å². The van der Waals surface area contributed by atoms with Crippen LogP contribution in [0.25, 0.3) is 0 Å². The van der Waals surface area contributed by atoms with Gasteiger partial charge in [0, 0.05) is 29.8 Å². The Labute approximate surface area is 163 Å². The van der Waals surface area contributed by atoms with Crippen LogP contribution in [-0.4, -0.2) is 49.1 Å². The van der Waals surface area contributed by atoms with Crippen LogP contribution >= 0.6 is 0 Å². The second-order valence-electron chi connectivity index (χ2n) is 6.88. The van der Waals surface area contributed by atoms with E-state index in [4.69, 9.17) is 10.5 Å². The third-order valence-electron chi connectivity index (χ3n) is 4.94. The average Bonchev–Trinajstić information content (AvgIpc) is 2.92. The minimum absolute atomic E-state index is 0.0856. The molecule has 148 valence electrons. The van der Waals surface area contributed by atoms with E-state index in [1.165, 1.54) is 19.2 Å². The summed E-state index contributed by atoms with van der Waals surface area (Å²) >= 11 is 0. The van der Waals surface area contributed by atoms with Gasteiger partial charge in [-0.1, -0.05) is 12.1 Å². The lowest BCUT2D eigenvalue weighted by Crippen LogP contribution is -2.50. The number of hydrogen-bond donors (Lipinski definition) is 4. The molecule has 0 unspecified atom stereocenters. The van der Waals surface area contributed by atoms with Crippen LogP contribution in [0.15, 0.2) is 42.5 Å². The number of ketones is 1. The maximum Gasteiger partial charge on any atom is 0.251 e. The molecular weight excluding hydrogens is 358 g/mol. The fourth-order valence-electron chi connectivity index (χ4n) is 3.26. The van der Waals surface area contributed by atoms with Gasteiger partial charge in [0.05, 0.1) is 12.7 Å². The molecule has 1 saturated heterocycles. The maximum absolute atomic E-state index is 12.7. The molecule has 1 fully saturated rings.